The molecule has 1 aliphatic rings. The van der Waals surface area contributed by atoms with Crippen molar-refractivity contribution in [2.24, 2.45) is 0 Å². The Morgan fingerprint density at radius 1 is 1.11 bits per heavy atom. The van der Waals surface area contributed by atoms with Crippen LogP contribution in [-0.2, 0) is 4.74 Å². The topological polar surface area (TPSA) is 73.2 Å². The predicted molar refractivity (Wildman–Crippen MR) is 67.5 cm³/mol. The van der Waals surface area contributed by atoms with Crippen molar-refractivity contribution in [3.8, 4) is 0 Å². The molecule has 2 atom stereocenters. The van der Waals surface area contributed by atoms with Crippen molar-refractivity contribution in [3.63, 3.8) is 0 Å². The van der Waals surface area contributed by atoms with Gasteiger partial charge in [0.25, 0.3) is 0 Å². The van der Waals surface area contributed by atoms with E-state index >= 15 is 0 Å². The van der Waals surface area contributed by atoms with Crippen LogP contribution in [0.15, 0.2) is 24.3 Å². The van der Waals surface area contributed by atoms with Crippen LogP contribution in [0, 0.1) is 0 Å². The number of hydrogen-bond donors (Lipinski definition) is 3. The fourth-order valence-electron chi connectivity index (χ4n) is 2.03. The molecule has 0 aliphatic carbocycles. The summed E-state index contributed by atoms with van der Waals surface area (Å²) in [5.74, 6) is 0. The normalized spacial score (nSPS) is 19.6. The second-order valence-corrected chi connectivity index (χ2v) is 4.39. The number of anilines is 1. The third-order valence-corrected chi connectivity index (χ3v) is 3.16. The van der Waals surface area contributed by atoms with Crippen molar-refractivity contribution in [1.29, 1.82) is 0 Å². The molecule has 1 aliphatic heterocycles. The highest BCUT2D eigenvalue weighted by Crippen LogP contribution is 2.22. The minimum atomic E-state index is -1.14. The summed E-state index contributed by atoms with van der Waals surface area (Å²) < 4.78 is 5.29. The van der Waals surface area contributed by atoms with Crippen LogP contribution in [0.4, 0.5) is 5.69 Å². The number of benzene rings is 1. The zero-order valence-corrected chi connectivity index (χ0v) is 10.2. The molecule has 2 rings (SSSR count). The Kier molecular flexibility index (Phi) is 4.54. The molecule has 1 heterocycles. The van der Waals surface area contributed by atoms with E-state index in [-0.39, 0.29) is 0 Å². The zero-order chi connectivity index (χ0) is 13.0. The average Bonchev–Trinajstić information content (AvgIpc) is 2.47. The predicted octanol–water partition coefficient (Wildman–Crippen LogP) is -0.0902. The average molecular weight is 253 g/mol. The molecular formula is C13H19NO4. The molecule has 0 saturated carbocycles. The Balaban J connectivity index is 2.04. The first-order valence-electron chi connectivity index (χ1n) is 6.12. The maximum atomic E-state index is 9.75. The van der Waals surface area contributed by atoms with Crippen LogP contribution in [0.2, 0.25) is 0 Å². The number of nitrogens with zero attached hydrogens (tertiary/aromatic N) is 1. The van der Waals surface area contributed by atoms with Gasteiger partial charge in [-0.3, -0.25) is 0 Å². The molecule has 0 bridgehead atoms. The molecule has 0 radical (unpaired) electrons. The number of hydrogen-bond acceptors (Lipinski definition) is 5. The first-order chi connectivity index (χ1) is 8.72. The Bertz CT molecular complexity index is 341. The third kappa shape index (κ3) is 3.00. The van der Waals surface area contributed by atoms with E-state index in [1.54, 1.807) is 12.1 Å². The van der Waals surface area contributed by atoms with E-state index in [1.165, 1.54) is 0 Å². The third-order valence-electron chi connectivity index (χ3n) is 3.16. The fourth-order valence-corrected chi connectivity index (χ4v) is 2.03. The fraction of sp³-hybridized carbons (Fsp3) is 0.538. The molecule has 1 aromatic carbocycles. The van der Waals surface area contributed by atoms with Gasteiger partial charge >= 0.3 is 0 Å². The van der Waals surface area contributed by atoms with Crippen molar-refractivity contribution in [1.82, 2.24) is 0 Å². The van der Waals surface area contributed by atoms with Crippen LogP contribution in [0.5, 0.6) is 0 Å². The molecule has 0 spiro atoms. The molecule has 1 saturated heterocycles. The van der Waals surface area contributed by atoms with Gasteiger partial charge in [0.05, 0.1) is 19.8 Å². The number of morpholine rings is 1. The van der Waals surface area contributed by atoms with Crippen molar-refractivity contribution in [2.45, 2.75) is 12.2 Å². The van der Waals surface area contributed by atoms with E-state index in [0.29, 0.717) is 5.56 Å². The Labute approximate surface area is 106 Å². The van der Waals surface area contributed by atoms with Crippen molar-refractivity contribution < 1.29 is 20.1 Å². The largest absolute Gasteiger partial charge is 0.394 e. The monoisotopic (exact) mass is 253 g/mol. The van der Waals surface area contributed by atoms with E-state index in [9.17, 15) is 10.2 Å². The quantitative estimate of drug-likeness (QED) is 0.699. The molecule has 0 aromatic heterocycles. The smallest absolute Gasteiger partial charge is 0.107 e. The van der Waals surface area contributed by atoms with Gasteiger partial charge < -0.3 is 25.0 Å². The van der Waals surface area contributed by atoms with Gasteiger partial charge in [0, 0.05) is 18.8 Å². The lowest BCUT2D eigenvalue weighted by Gasteiger charge is -2.29. The van der Waals surface area contributed by atoms with Crippen molar-refractivity contribution in [3.05, 3.63) is 29.8 Å². The lowest BCUT2D eigenvalue weighted by atomic mass is 10.0. The highest BCUT2D eigenvalue weighted by Gasteiger charge is 2.18. The molecule has 100 valence electrons. The summed E-state index contributed by atoms with van der Waals surface area (Å²) in [6.45, 7) is 2.73. The molecular weight excluding hydrogens is 234 g/mol. The Hall–Kier alpha value is -1.14. The molecule has 1 aromatic rings. The maximum absolute atomic E-state index is 9.75. The lowest BCUT2D eigenvalue weighted by molar-refractivity contribution is -0.0152. The molecule has 2 unspecified atom stereocenters. The standard InChI is InChI=1S/C13H19NO4/c15-9-12(16)13(17)10-1-3-11(4-2-10)14-5-7-18-8-6-14/h1-4,12-13,15-17H,5-9H2. The van der Waals surface area contributed by atoms with Gasteiger partial charge in [0.15, 0.2) is 0 Å². The second-order valence-electron chi connectivity index (χ2n) is 4.39. The van der Waals surface area contributed by atoms with Gasteiger partial charge in [0.1, 0.15) is 12.2 Å². The first kappa shape index (κ1) is 13.3. The highest BCUT2D eigenvalue weighted by atomic mass is 16.5. The van der Waals surface area contributed by atoms with Crippen molar-refractivity contribution >= 4 is 5.69 Å². The Morgan fingerprint density at radius 3 is 2.28 bits per heavy atom. The second kappa shape index (κ2) is 6.15. The highest BCUT2D eigenvalue weighted by molar-refractivity contribution is 5.48. The summed E-state index contributed by atoms with van der Waals surface area (Å²) in [6, 6.07) is 7.37. The number of aliphatic hydroxyl groups excluding tert-OH is 3. The first-order valence-corrected chi connectivity index (χ1v) is 6.12. The van der Waals surface area contributed by atoms with E-state index in [0.717, 1.165) is 32.0 Å². The summed E-state index contributed by atoms with van der Waals surface area (Å²) in [4.78, 5) is 2.21. The lowest BCUT2D eigenvalue weighted by Crippen LogP contribution is -2.36. The molecule has 1 fully saturated rings. The van der Waals surface area contributed by atoms with Gasteiger partial charge in [-0.25, -0.2) is 0 Å². The van der Waals surface area contributed by atoms with E-state index in [4.69, 9.17) is 9.84 Å². The van der Waals surface area contributed by atoms with Crippen molar-refractivity contribution in [2.75, 3.05) is 37.8 Å². The van der Waals surface area contributed by atoms with E-state index in [1.807, 2.05) is 12.1 Å². The van der Waals surface area contributed by atoms with Gasteiger partial charge in [-0.15, -0.1) is 0 Å². The van der Waals surface area contributed by atoms with Crippen LogP contribution >= 0.6 is 0 Å². The number of aliphatic hydroxyl groups is 3. The summed E-state index contributed by atoms with van der Waals surface area (Å²) in [7, 11) is 0. The van der Waals surface area contributed by atoms with Gasteiger partial charge in [-0.05, 0) is 17.7 Å². The van der Waals surface area contributed by atoms with Crippen LogP contribution < -0.4 is 4.90 Å². The van der Waals surface area contributed by atoms with Crippen LogP contribution in [0.3, 0.4) is 0 Å². The number of rotatable bonds is 4. The van der Waals surface area contributed by atoms with Gasteiger partial charge in [-0.1, -0.05) is 12.1 Å². The maximum Gasteiger partial charge on any atom is 0.107 e. The molecule has 5 nitrogen and oxygen atoms in total. The van der Waals surface area contributed by atoms with Gasteiger partial charge in [0.2, 0.25) is 0 Å². The van der Waals surface area contributed by atoms with Crippen LogP contribution in [-0.4, -0.2) is 54.3 Å². The molecule has 0 amide bonds. The zero-order valence-electron chi connectivity index (χ0n) is 10.2. The minimum absolute atomic E-state index is 0.452. The van der Waals surface area contributed by atoms with Crippen LogP contribution in [0.1, 0.15) is 11.7 Å². The molecule has 5 heteroatoms. The summed E-state index contributed by atoms with van der Waals surface area (Å²) in [5.41, 5.74) is 1.68. The van der Waals surface area contributed by atoms with Crippen LogP contribution in [0.25, 0.3) is 0 Å². The number of ether oxygens (including phenoxy) is 1. The van der Waals surface area contributed by atoms with E-state index < -0.39 is 18.8 Å². The SMILES string of the molecule is OCC(O)C(O)c1ccc(N2CCOCC2)cc1. The van der Waals surface area contributed by atoms with Gasteiger partial charge in [-0.2, -0.15) is 0 Å². The summed E-state index contributed by atoms with van der Waals surface area (Å²) >= 11 is 0. The van der Waals surface area contributed by atoms with E-state index in [2.05, 4.69) is 4.90 Å². The minimum Gasteiger partial charge on any atom is -0.394 e. The molecule has 18 heavy (non-hydrogen) atoms. The summed E-state index contributed by atoms with van der Waals surface area (Å²) in [6.07, 6.45) is -2.19. The molecule has 3 N–H and O–H groups in total. The summed E-state index contributed by atoms with van der Waals surface area (Å²) in [5, 5.41) is 27.9. The Morgan fingerprint density at radius 2 is 1.72 bits per heavy atom.